The number of hydrogen-bond acceptors (Lipinski definition) is 3. The van der Waals surface area contributed by atoms with E-state index >= 15 is 0 Å². The Morgan fingerprint density at radius 1 is 1.33 bits per heavy atom. The van der Waals surface area contributed by atoms with Crippen LogP contribution >= 0.6 is 0 Å². The van der Waals surface area contributed by atoms with Crippen LogP contribution in [0.1, 0.15) is 13.8 Å². The summed E-state index contributed by atoms with van der Waals surface area (Å²) in [6.07, 6.45) is 3.60. The molecule has 0 bridgehead atoms. The lowest BCUT2D eigenvalue weighted by Gasteiger charge is -2.16. The summed E-state index contributed by atoms with van der Waals surface area (Å²) in [5.41, 5.74) is 8.13. The van der Waals surface area contributed by atoms with Gasteiger partial charge in [0.05, 0.1) is 24.5 Å². The monoisotopic (exact) mass is 243 g/mol. The van der Waals surface area contributed by atoms with Gasteiger partial charge < -0.3 is 10.2 Å². The van der Waals surface area contributed by atoms with E-state index in [1.165, 1.54) is 0 Å². The molecule has 1 unspecified atom stereocenters. The zero-order valence-corrected chi connectivity index (χ0v) is 10.6. The zero-order valence-electron chi connectivity index (χ0n) is 10.6. The van der Waals surface area contributed by atoms with Crippen molar-refractivity contribution >= 4 is 21.9 Å². The molecule has 0 radical (unpaired) electrons. The summed E-state index contributed by atoms with van der Waals surface area (Å²) < 4.78 is 7.41. The molecule has 2 heterocycles. The molecular weight excluding hydrogens is 226 g/mol. The Morgan fingerprint density at radius 2 is 2.17 bits per heavy atom. The number of hydrogen-bond donors (Lipinski definition) is 1. The van der Waals surface area contributed by atoms with Crippen molar-refractivity contribution in [2.75, 3.05) is 0 Å². The Hall–Kier alpha value is -1.81. The van der Waals surface area contributed by atoms with Gasteiger partial charge in [0.1, 0.15) is 5.58 Å². The lowest BCUT2D eigenvalue weighted by Crippen LogP contribution is -2.31. The van der Waals surface area contributed by atoms with Gasteiger partial charge in [0, 0.05) is 16.8 Å². The number of benzene rings is 1. The van der Waals surface area contributed by atoms with E-state index in [1.807, 2.05) is 29.1 Å². The molecule has 0 aliphatic rings. The lowest BCUT2D eigenvalue weighted by atomic mass is 10.1. The van der Waals surface area contributed by atoms with Crippen LogP contribution in [0.2, 0.25) is 0 Å². The van der Waals surface area contributed by atoms with E-state index in [9.17, 15) is 0 Å². The van der Waals surface area contributed by atoms with Crippen LogP contribution in [0.3, 0.4) is 0 Å². The van der Waals surface area contributed by atoms with Crippen LogP contribution in [0.25, 0.3) is 21.9 Å². The van der Waals surface area contributed by atoms with Crippen molar-refractivity contribution in [2.24, 2.45) is 11.7 Å². The second-order valence-electron chi connectivity index (χ2n) is 5.07. The Morgan fingerprint density at radius 3 is 2.94 bits per heavy atom. The fourth-order valence-corrected chi connectivity index (χ4v) is 2.18. The van der Waals surface area contributed by atoms with Crippen LogP contribution in [0.4, 0.5) is 0 Å². The molecule has 0 aliphatic carbocycles. The molecule has 1 atom stereocenters. The maximum Gasteiger partial charge on any atom is 0.136 e. The first kappa shape index (κ1) is 11.3. The van der Waals surface area contributed by atoms with E-state index in [-0.39, 0.29) is 6.04 Å². The predicted molar refractivity (Wildman–Crippen MR) is 72.3 cm³/mol. The quantitative estimate of drug-likeness (QED) is 0.769. The third-order valence-corrected chi connectivity index (χ3v) is 3.47. The summed E-state index contributed by atoms with van der Waals surface area (Å²) in [5.74, 6) is 0.438. The average Bonchev–Trinajstić information content (AvgIpc) is 2.94. The van der Waals surface area contributed by atoms with E-state index in [1.54, 1.807) is 6.26 Å². The van der Waals surface area contributed by atoms with Gasteiger partial charge in [0.25, 0.3) is 0 Å². The molecule has 2 N–H and O–H groups in total. The van der Waals surface area contributed by atoms with Gasteiger partial charge in [-0.25, -0.2) is 0 Å². The molecule has 0 saturated carbocycles. The van der Waals surface area contributed by atoms with E-state index in [2.05, 4.69) is 18.9 Å². The number of aromatic nitrogens is 2. The maximum absolute atomic E-state index is 6.13. The molecule has 3 aromatic rings. The zero-order chi connectivity index (χ0) is 12.7. The van der Waals surface area contributed by atoms with Crippen LogP contribution < -0.4 is 5.73 Å². The van der Waals surface area contributed by atoms with Gasteiger partial charge in [-0.1, -0.05) is 13.8 Å². The van der Waals surface area contributed by atoms with E-state index in [0.29, 0.717) is 5.92 Å². The van der Waals surface area contributed by atoms with Crippen molar-refractivity contribution in [2.45, 2.75) is 26.4 Å². The Labute approximate surface area is 105 Å². The van der Waals surface area contributed by atoms with Gasteiger partial charge in [0.15, 0.2) is 0 Å². The first-order chi connectivity index (χ1) is 8.66. The second-order valence-corrected chi connectivity index (χ2v) is 5.07. The number of nitrogens with two attached hydrogens (primary N) is 1. The van der Waals surface area contributed by atoms with E-state index < -0.39 is 0 Å². The third-order valence-electron chi connectivity index (χ3n) is 3.47. The molecule has 0 spiro atoms. The Kier molecular flexibility index (Phi) is 2.59. The normalized spacial score (nSPS) is 13.8. The molecule has 0 saturated heterocycles. The fraction of sp³-hybridized carbons (Fsp3) is 0.357. The van der Waals surface area contributed by atoms with Crippen LogP contribution in [-0.4, -0.2) is 15.8 Å². The summed E-state index contributed by atoms with van der Waals surface area (Å²) in [4.78, 5) is 0. The van der Waals surface area contributed by atoms with Crippen molar-refractivity contribution in [1.29, 1.82) is 0 Å². The first-order valence-electron chi connectivity index (χ1n) is 6.24. The summed E-state index contributed by atoms with van der Waals surface area (Å²) in [6.45, 7) is 4.99. The van der Waals surface area contributed by atoms with Crippen LogP contribution in [0.15, 0.2) is 35.1 Å². The average molecular weight is 243 g/mol. The standard InChI is InChI=1S/C14H17N3O/c1-9(2)12(15)8-17-14-10(7-16-17)3-4-13-11(14)5-6-18-13/h3-7,9,12H,8,15H2,1-2H3. The topological polar surface area (TPSA) is 57.0 Å². The van der Waals surface area contributed by atoms with E-state index in [4.69, 9.17) is 10.2 Å². The van der Waals surface area contributed by atoms with Gasteiger partial charge in [-0.2, -0.15) is 5.10 Å². The smallest absolute Gasteiger partial charge is 0.136 e. The minimum atomic E-state index is 0.107. The summed E-state index contributed by atoms with van der Waals surface area (Å²) in [7, 11) is 0. The lowest BCUT2D eigenvalue weighted by molar-refractivity contribution is 0.420. The first-order valence-corrected chi connectivity index (χ1v) is 6.24. The fourth-order valence-electron chi connectivity index (χ4n) is 2.18. The molecule has 2 aromatic heterocycles. The van der Waals surface area contributed by atoms with Crippen LogP contribution in [0.5, 0.6) is 0 Å². The van der Waals surface area contributed by atoms with Gasteiger partial charge >= 0.3 is 0 Å². The highest BCUT2D eigenvalue weighted by Crippen LogP contribution is 2.26. The van der Waals surface area contributed by atoms with Crippen molar-refractivity contribution in [3.05, 3.63) is 30.7 Å². The summed E-state index contributed by atoms with van der Waals surface area (Å²) in [5, 5.41) is 6.67. The minimum absolute atomic E-state index is 0.107. The van der Waals surface area contributed by atoms with Crippen molar-refractivity contribution in [3.8, 4) is 0 Å². The van der Waals surface area contributed by atoms with Gasteiger partial charge in [-0.05, 0) is 24.1 Å². The highest BCUT2D eigenvalue weighted by molar-refractivity contribution is 6.03. The molecule has 1 aromatic carbocycles. The molecule has 94 valence electrons. The number of fused-ring (bicyclic) bond motifs is 3. The van der Waals surface area contributed by atoms with Gasteiger partial charge in [-0.3, -0.25) is 4.68 Å². The second kappa shape index (κ2) is 4.14. The number of furan rings is 1. The SMILES string of the molecule is CC(C)C(N)Cn1ncc2ccc3occc3c21. The maximum atomic E-state index is 6.13. The molecule has 0 aliphatic heterocycles. The molecule has 3 rings (SSSR count). The van der Waals surface area contributed by atoms with Gasteiger partial charge in [-0.15, -0.1) is 0 Å². The largest absolute Gasteiger partial charge is 0.464 e. The number of nitrogens with zero attached hydrogens (tertiary/aromatic N) is 2. The molecular formula is C14H17N3O. The van der Waals surface area contributed by atoms with Crippen molar-refractivity contribution in [1.82, 2.24) is 9.78 Å². The highest BCUT2D eigenvalue weighted by Gasteiger charge is 2.13. The van der Waals surface area contributed by atoms with Crippen LogP contribution in [-0.2, 0) is 6.54 Å². The van der Waals surface area contributed by atoms with Crippen molar-refractivity contribution < 1.29 is 4.42 Å². The molecule has 0 amide bonds. The molecule has 4 heteroatoms. The van der Waals surface area contributed by atoms with Crippen LogP contribution in [0, 0.1) is 5.92 Å². The van der Waals surface area contributed by atoms with E-state index in [0.717, 1.165) is 28.4 Å². The Balaban J connectivity index is 2.14. The number of rotatable bonds is 3. The summed E-state index contributed by atoms with van der Waals surface area (Å²) in [6, 6.07) is 6.10. The van der Waals surface area contributed by atoms with Gasteiger partial charge in [0.2, 0.25) is 0 Å². The third kappa shape index (κ3) is 1.69. The molecule has 4 nitrogen and oxygen atoms in total. The highest BCUT2D eigenvalue weighted by atomic mass is 16.3. The molecule has 18 heavy (non-hydrogen) atoms. The summed E-state index contributed by atoms with van der Waals surface area (Å²) >= 11 is 0. The predicted octanol–water partition coefficient (Wildman–Crippen LogP) is 2.77. The minimum Gasteiger partial charge on any atom is -0.464 e. The van der Waals surface area contributed by atoms with Crippen molar-refractivity contribution in [3.63, 3.8) is 0 Å². The Bertz CT molecular complexity index is 681. The molecule has 0 fully saturated rings.